The normalized spacial score (nSPS) is 10.1. The molecule has 2 aromatic rings. The Labute approximate surface area is 140 Å². The lowest BCUT2D eigenvalue weighted by molar-refractivity contribution is 0.0696. The molecule has 0 atom stereocenters. The minimum Gasteiger partial charge on any atom is -0.497 e. The molecule has 0 aliphatic rings. The summed E-state index contributed by atoms with van der Waals surface area (Å²) in [5, 5.41) is 9.02. The first-order valence-corrected chi connectivity index (χ1v) is 7.54. The Hall–Kier alpha value is -2.89. The van der Waals surface area contributed by atoms with Gasteiger partial charge < -0.3 is 24.1 Å². The van der Waals surface area contributed by atoms with E-state index in [1.54, 1.807) is 13.2 Å². The highest BCUT2D eigenvalue weighted by Gasteiger charge is 2.10. The summed E-state index contributed by atoms with van der Waals surface area (Å²) >= 11 is 0. The lowest BCUT2D eigenvalue weighted by atomic mass is 10.2. The molecular weight excluding hydrogens is 312 g/mol. The topological polar surface area (TPSA) is 74.2 Å². The maximum Gasteiger partial charge on any atom is 0.335 e. The van der Waals surface area contributed by atoms with Gasteiger partial charge in [-0.2, -0.15) is 0 Å². The summed E-state index contributed by atoms with van der Waals surface area (Å²) in [4.78, 5) is 11.0. The number of methoxy groups -OCH3 is 1. The van der Waals surface area contributed by atoms with Crippen LogP contribution in [0.4, 0.5) is 0 Å². The maximum atomic E-state index is 11.0. The van der Waals surface area contributed by atoms with E-state index in [4.69, 9.17) is 24.1 Å². The van der Waals surface area contributed by atoms with Crippen molar-refractivity contribution in [3.05, 3.63) is 48.0 Å². The van der Waals surface area contributed by atoms with E-state index in [1.807, 2.05) is 31.2 Å². The van der Waals surface area contributed by atoms with Crippen LogP contribution in [-0.2, 0) is 0 Å². The fourth-order valence-corrected chi connectivity index (χ4v) is 2.01. The maximum absolute atomic E-state index is 11.0. The van der Waals surface area contributed by atoms with Crippen molar-refractivity contribution in [3.63, 3.8) is 0 Å². The zero-order chi connectivity index (χ0) is 17.4. The number of hydrogen-bond donors (Lipinski definition) is 1. The molecule has 0 aliphatic carbocycles. The van der Waals surface area contributed by atoms with E-state index >= 15 is 0 Å². The van der Waals surface area contributed by atoms with Gasteiger partial charge in [-0.25, -0.2) is 4.79 Å². The van der Waals surface area contributed by atoms with Crippen LogP contribution in [0.3, 0.4) is 0 Å². The molecule has 0 bridgehead atoms. The van der Waals surface area contributed by atoms with Crippen LogP contribution in [0.1, 0.15) is 17.3 Å². The van der Waals surface area contributed by atoms with Gasteiger partial charge >= 0.3 is 5.97 Å². The fraction of sp³-hybridized carbons (Fsp3) is 0.278. The molecule has 0 aromatic heterocycles. The molecule has 0 saturated heterocycles. The molecule has 0 unspecified atom stereocenters. The van der Waals surface area contributed by atoms with Crippen LogP contribution in [0.25, 0.3) is 0 Å². The minimum absolute atomic E-state index is 0.153. The average Bonchev–Trinajstić information content (AvgIpc) is 2.60. The zero-order valence-electron chi connectivity index (χ0n) is 13.7. The summed E-state index contributed by atoms with van der Waals surface area (Å²) in [5.41, 5.74) is 0.153. The second kappa shape index (κ2) is 8.67. The Bertz CT molecular complexity index is 666. The SMILES string of the molecule is CCOc1cc(C(=O)O)ccc1OCCOc1ccc(OC)cc1. The number of carbonyl (C=O) groups is 1. The van der Waals surface area contributed by atoms with Crippen molar-refractivity contribution >= 4 is 5.97 Å². The number of benzene rings is 2. The predicted molar refractivity (Wildman–Crippen MR) is 88.6 cm³/mol. The Morgan fingerprint density at radius 3 is 2.21 bits per heavy atom. The summed E-state index contributed by atoms with van der Waals surface area (Å²) in [6, 6.07) is 11.8. The van der Waals surface area contributed by atoms with Crippen molar-refractivity contribution < 1.29 is 28.8 Å². The van der Waals surface area contributed by atoms with Crippen LogP contribution in [0.2, 0.25) is 0 Å². The van der Waals surface area contributed by atoms with E-state index in [0.717, 1.165) is 5.75 Å². The van der Waals surface area contributed by atoms with Crippen molar-refractivity contribution in [2.45, 2.75) is 6.92 Å². The third-order valence-corrected chi connectivity index (χ3v) is 3.16. The van der Waals surface area contributed by atoms with E-state index in [0.29, 0.717) is 37.1 Å². The Morgan fingerprint density at radius 2 is 1.58 bits per heavy atom. The first-order valence-electron chi connectivity index (χ1n) is 7.54. The Kier molecular flexibility index (Phi) is 6.31. The fourth-order valence-electron chi connectivity index (χ4n) is 2.01. The first-order chi connectivity index (χ1) is 11.6. The molecule has 2 rings (SSSR count). The van der Waals surface area contributed by atoms with E-state index in [9.17, 15) is 4.79 Å². The molecule has 0 radical (unpaired) electrons. The van der Waals surface area contributed by atoms with Crippen LogP contribution in [0, 0.1) is 0 Å². The largest absolute Gasteiger partial charge is 0.497 e. The van der Waals surface area contributed by atoms with Crippen molar-refractivity contribution in [1.29, 1.82) is 0 Å². The molecule has 6 nitrogen and oxygen atoms in total. The number of carboxylic acids is 1. The summed E-state index contributed by atoms with van der Waals surface area (Å²) in [6.45, 7) is 2.89. The summed E-state index contributed by atoms with van der Waals surface area (Å²) < 4.78 is 21.7. The van der Waals surface area contributed by atoms with E-state index < -0.39 is 5.97 Å². The van der Waals surface area contributed by atoms with Gasteiger partial charge in [0.2, 0.25) is 0 Å². The van der Waals surface area contributed by atoms with Gasteiger partial charge in [-0.15, -0.1) is 0 Å². The van der Waals surface area contributed by atoms with Gasteiger partial charge in [-0.05, 0) is 49.4 Å². The van der Waals surface area contributed by atoms with Gasteiger partial charge in [0, 0.05) is 0 Å². The summed E-state index contributed by atoms with van der Waals surface area (Å²) in [6.07, 6.45) is 0. The summed E-state index contributed by atoms with van der Waals surface area (Å²) in [5.74, 6) is 1.36. The predicted octanol–water partition coefficient (Wildman–Crippen LogP) is 3.25. The van der Waals surface area contributed by atoms with Crippen LogP contribution in [-0.4, -0.2) is 38.0 Å². The zero-order valence-corrected chi connectivity index (χ0v) is 13.7. The molecule has 24 heavy (non-hydrogen) atoms. The molecule has 2 aromatic carbocycles. The first kappa shape index (κ1) is 17.5. The molecular formula is C18H20O6. The van der Waals surface area contributed by atoms with Crippen molar-refractivity contribution in [2.24, 2.45) is 0 Å². The van der Waals surface area contributed by atoms with Gasteiger partial charge in [0.25, 0.3) is 0 Å². The number of rotatable bonds is 9. The number of ether oxygens (including phenoxy) is 4. The van der Waals surface area contributed by atoms with Gasteiger partial charge in [-0.3, -0.25) is 0 Å². The van der Waals surface area contributed by atoms with Gasteiger partial charge in [-0.1, -0.05) is 0 Å². The second-order valence-corrected chi connectivity index (χ2v) is 4.77. The minimum atomic E-state index is -1.01. The second-order valence-electron chi connectivity index (χ2n) is 4.77. The third-order valence-electron chi connectivity index (χ3n) is 3.16. The van der Waals surface area contributed by atoms with Gasteiger partial charge in [0.05, 0.1) is 19.3 Å². The highest BCUT2D eigenvalue weighted by Crippen LogP contribution is 2.28. The van der Waals surface area contributed by atoms with Crippen LogP contribution >= 0.6 is 0 Å². The Morgan fingerprint density at radius 1 is 0.917 bits per heavy atom. The number of carboxylic acid groups (broad SMARTS) is 1. The molecule has 0 spiro atoms. The highest BCUT2D eigenvalue weighted by atomic mass is 16.5. The smallest absolute Gasteiger partial charge is 0.335 e. The number of aromatic carboxylic acids is 1. The van der Waals surface area contributed by atoms with Gasteiger partial charge in [0.15, 0.2) is 11.5 Å². The molecule has 0 amide bonds. The lowest BCUT2D eigenvalue weighted by Gasteiger charge is -2.13. The van der Waals surface area contributed by atoms with Crippen LogP contribution < -0.4 is 18.9 Å². The van der Waals surface area contributed by atoms with E-state index in [-0.39, 0.29) is 5.56 Å². The van der Waals surface area contributed by atoms with Crippen molar-refractivity contribution in [1.82, 2.24) is 0 Å². The standard InChI is InChI=1S/C18H20O6/c1-3-22-17-12-13(18(19)20)4-9-16(17)24-11-10-23-15-7-5-14(21-2)6-8-15/h4-9,12H,3,10-11H2,1-2H3,(H,19,20). The average molecular weight is 332 g/mol. The van der Waals surface area contributed by atoms with E-state index in [2.05, 4.69) is 0 Å². The van der Waals surface area contributed by atoms with Crippen molar-refractivity contribution in [3.8, 4) is 23.0 Å². The molecule has 6 heteroatoms. The summed E-state index contributed by atoms with van der Waals surface area (Å²) in [7, 11) is 1.61. The van der Waals surface area contributed by atoms with E-state index in [1.165, 1.54) is 12.1 Å². The molecule has 128 valence electrons. The Balaban J connectivity index is 1.89. The molecule has 0 fully saturated rings. The molecule has 1 N–H and O–H groups in total. The molecule has 0 saturated carbocycles. The van der Waals surface area contributed by atoms with Crippen molar-refractivity contribution in [2.75, 3.05) is 26.9 Å². The molecule has 0 heterocycles. The van der Waals surface area contributed by atoms with Crippen LogP contribution in [0.5, 0.6) is 23.0 Å². The quantitative estimate of drug-likeness (QED) is 0.711. The molecule has 0 aliphatic heterocycles. The third kappa shape index (κ3) is 4.81. The number of hydrogen-bond acceptors (Lipinski definition) is 5. The monoisotopic (exact) mass is 332 g/mol. The highest BCUT2D eigenvalue weighted by molar-refractivity contribution is 5.88. The van der Waals surface area contributed by atoms with Crippen LogP contribution in [0.15, 0.2) is 42.5 Å². The van der Waals surface area contributed by atoms with Gasteiger partial charge in [0.1, 0.15) is 24.7 Å². The lowest BCUT2D eigenvalue weighted by Crippen LogP contribution is -2.10.